The van der Waals surface area contributed by atoms with E-state index >= 15 is 0 Å². The van der Waals surface area contributed by atoms with Gasteiger partial charge in [-0.1, -0.05) is 56.3 Å². The van der Waals surface area contributed by atoms with Crippen molar-refractivity contribution in [3.05, 3.63) is 86.0 Å². The smallest absolute Gasteiger partial charge is 0.330 e. The molecule has 2 aromatic heterocycles. The van der Waals surface area contributed by atoms with E-state index in [1.807, 2.05) is 68.4 Å². The summed E-state index contributed by atoms with van der Waals surface area (Å²) in [5.74, 6) is -1.30. The number of ether oxygens (including phenoxy) is 1. The molecule has 0 saturated carbocycles. The Bertz CT molecular complexity index is 1540. The highest BCUT2D eigenvalue weighted by Gasteiger charge is 2.26. The summed E-state index contributed by atoms with van der Waals surface area (Å²) in [6, 6.07) is 17.0. The van der Waals surface area contributed by atoms with Crippen LogP contribution in [0.4, 0.5) is 11.5 Å². The average molecular weight is 550 g/mol. The fourth-order valence-corrected chi connectivity index (χ4v) is 5.16. The fraction of sp³-hybridized carbons (Fsp3) is 0.321. The Balaban J connectivity index is 1.43. The first-order valence-electron chi connectivity index (χ1n) is 12.7. The van der Waals surface area contributed by atoms with Crippen LogP contribution in [0.25, 0.3) is 10.2 Å². The van der Waals surface area contributed by atoms with E-state index in [4.69, 9.17) is 10.5 Å². The van der Waals surface area contributed by atoms with E-state index in [1.54, 1.807) is 11.3 Å². The predicted octanol–water partition coefficient (Wildman–Crippen LogP) is 3.33. The molecular formula is C28H31N5O5S. The van der Waals surface area contributed by atoms with Crippen molar-refractivity contribution < 1.29 is 14.3 Å². The molecule has 2 aromatic carbocycles. The lowest BCUT2D eigenvalue weighted by atomic mass is 10.2. The molecule has 0 aliphatic heterocycles. The number of anilines is 2. The summed E-state index contributed by atoms with van der Waals surface area (Å²) >= 11 is 1.59. The number of aromatic nitrogens is 3. The van der Waals surface area contributed by atoms with Crippen LogP contribution in [0.2, 0.25) is 0 Å². The third-order valence-corrected chi connectivity index (χ3v) is 7.08. The van der Waals surface area contributed by atoms with E-state index in [1.165, 1.54) is 9.47 Å². The van der Waals surface area contributed by atoms with Crippen LogP contribution in [-0.2, 0) is 27.3 Å². The highest BCUT2D eigenvalue weighted by molar-refractivity contribution is 7.18. The number of nitrogens with zero attached hydrogens (tertiary/aromatic N) is 3. The molecular weight excluding hydrogens is 518 g/mol. The van der Waals surface area contributed by atoms with Crippen molar-refractivity contribution >= 4 is 44.9 Å². The van der Waals surface area contributed by atoms with Gasteiger partial charge in [-0.25, -0.2) is 9.78 Å². The molecule has 0 bridgehead atoms. The van der Waals surface area contributed by atoms with E-state index in [0.29, 0.717) is 12.8 Å². The second kappa shape index (κ2) is 12.5. The molecule has 11 heteroatoms. The number of aryl methyl sites for hydroxylation is 1. The van der Waals surface area contributed by atoms with Gasteiger partial charge in [-0.15, -0.1) is 11.3 Å². The molecule has 204 valence electrons. The van der Waals surface area contributed by atoms with Crippen LogP contribution in [0.5, 0.6) is 0 Å². The number of nitrogens with two attached hydrogens (primary N) is 1. The molecule has 0 unspecified atom stereocenters. The van der Waals surface area contributed by atoms with Crippen LogP contribution in [0.15, 0.2) is 64.2 Å². The number of thiazole rings is 1. The number of aromatic amines is 1. The SMILES string of the molecule is CC(C)CN(C(=O)COC(=O)CCCc1nc2ccccc2s1)c1c(N)n(Cc2ccccc2)c(=O)[nH]c1=O. The van der Waals surface area contributed by atoms with Crippen LogP contribution in [-0.4, -0.2) is 39.6 Å². The van der Waals surface area contributed by atoms with Crippen molar-refractivity contribution in [2.24, 2.45) is 5.92 Å². The van der Waals surface area contributed by atoms with Crippen molar-refractivity contribution in [2.75, 3.05) is 23.8 Å². The number of esters is 1. The molecule has 0 aliphatic carbocycles. The number of fused-ring (bicyclic) bond motifs is 1. The quantitative estimate of drug-likeness (QED) is 0.274. The molecule has 1 amide bonds. The lowest BCUT2D eigenvalue weighted by molar-refractivity contribution is -0.147. The van der Waals surface area contributed by atoms with Gasteiger partial charge in [-0.3, -0.25) is 23.9 Å². The van der Waals surface area contributed by atoms with Gasteiger partial charge >= 0.3 is 11.7 Å². The second-order valence-corrected chi connectivity index (χ2v) is 10.7. The zero-order valence-corrected chi connectivity index (χ0v) is 22.7. The molecule has 0 spiro atoms. The van der Waals surface area contributed by atoms with E-state index in [0.717, 1.165) is 20.8 Å². The maximum absolute atomic E-state index is 13.2. The highest BCUT2D eigenvalue weighted by Crippen LogP contribution is 2.23. The van der Waals surface area contributed by atoms with E-state index < -0.39 is 29.7 Å². The molecule has 4 aromatic rings. The zero-order valence-electron chi connectivity index (χ0n) is 21.9. The number of hydrogen-bond acceptors (Lipinski definition) is 8. The van der Waals surface area contributed by atoms with Crippen molar-refractivity contribution in [3.63, 3.8) is 0 Å². The molecule has 0 saturated heterocycles. The lowest BCUT2D eigenvalue weighted by Gasteiger charge is -2.26. The monoisotopic (exact) mass is 549 g/mol. The van der Waals surface area contributed by atoms with Crippen molar-refractivity contribution in [3.8, 4) is 0 Å². The maximum atomic E-state index is 13.2. The number of benzene rings is 2. The van der Waals surface area contributed by atoms with Gasteiger partial charge in [0.1, 0.15) is 5.82 Å². The van der Waals surface area contributed by atoms with Gasteiger partial charge in [0, 0.05) is 13.0 Å². The largest absolute Gasteiger partial charge is 0.456 e. The first kappa shape index (κ1) is 27.8. The zero-order chi connectivity index (χ0) is 27.9. The van der Waals surface area contributed by atoms with Gasteiger partial charge in [-0.05, 0) is 36.5 Å². The second-order valence-electron chi connectivity index (χ2n) is 9.55. The predicted molar refractivity (Wildman–Crippen MR) is 152 cm³/mol. The summed E-state index contributed by atoms with van der Waals surface area (Å²) in [6.07, 6.45) is 1.27. The minimum Gasteiger partial charge on any atom is -0.456 e. The number of amides is 1. The summed E-state index contributed by atoms with van der Waals surface area (Å²) in [5, 5.41) is 0.934. The Labute approximate surface area is 229 Å². The Morgan fingerprint density at radius 1 is 1.10 bits per heavy atom. The van der Waals surface area contributed by atoms with Gasteiger partial charge < -0.3 is 15.4 Å². The summed E-state index contributed by atoms with van der Waals surface area (Å²) in [4.78, 5) is 58.9. The van der Waals surface area contributed by atoms with Gasteiger partial charge in [0.15, 0.2) is 12.3 Å². The molecule has 2 heterocycles. The van der Waals surface area contributed by atoms with Gasteiger partial charge in [-0.2, -0.15) is 0 Å². The fourth-order valence-electron chi connectivity index (χ4n) is 4.15. The molecule has 0 aliphatic rings. The first-order valence-corrected chi connectivity index (χ1v) is 13.5. The van der Waals surface area contributed by atoms with E-state index in [-0.39, 0.29) is 36.9 Å². The molecule has 0 atom stereocenters. The summed E-state index contributed by atoms with van der Waals surface area (Å²) in [5.41, 5.74) is 6.42. The third kappa shape index (κ3) is 6.99. The number of para-hydroxylation sites is 1. The number of nitrogen functional groups attached to an aromatic ring is 1. The maximum Gasteiger partial charge on any atom is 0.330 e. The number of carbonyl (C=O) groups excluding carboxylic acids is 2. The van der Waals surface area contributed by atoms with Crippen molar-refractivity contribution in [1.29, 1.82) is 0 Å². The number of carbonyl (C=O) groups is 2. The van der Waals surface area contributed by atoms with Crippen LogP contribution in [0, 0.1) is 5.92 Å². The summed E-state index contributed by atoms with van der Waals surface area (Å²) in [6.45, 7) is 3.45. The van der Waals surface area contributed by atoms with Crippen molar-refractivity contribution in [2.45, 2.75) is 39.7 Å². The minimum absolute atomic E-state index is 0.0354. The standard InChI is InChI=1S/C28H31N5O5S/c1-18(2)15-32(25-26(29)33(28(37)31-27(25)36)16-19-9-4-3-5-10-19)23(34)17-38-24(35)14-8-13-22-30-20-11-6-7-12-21(20)39-22/h3-7,9-12,18H,8,13-17,29H2,1-2H3,(H,31,36,37). The summed E-state index contributed by atoms with van der Waals surface area (Å²) < 4.78 is 7.55. The molecule has 3 N–H and O–H groups in total. The Morgan fingerprint density at radius 2 is 1.82 bits per heavy atom. The van der Waals surface area contributed by atoms with Crippen LogP contribution in [0.1, 0.15) is 37.3 Å². The lowest BCUT2D eigenvalue weighted by Crippen LogP contribution is -2.44. The van der Waals surface area contributed by atoms with Crippen LogP contribution in [0.3, 0.4) is 0 Å². The number of nitrogens with one attached hydrogen (secondary N) is 1. The van der Waals surface area contributed by atoms with Crippen LogP contribution >= 0.6 is 11.3 Å². The molecule has 0 radical (unpaired) electrons. The van der Waals surface area contributed by atoms with Gasteiger partial charge in [0.25, 0.3) is 11.5 Å². The minimum atomic E-state index is -0.780. The molecule has 10 nitrogen and oxygen atoms in total. The Hall–Kier alpha value is -4.25. The van der Waals surface area contributed by atoms with Crippen LogP contribution < -0.4 is 21.9 Å². The molecule has 4 rings (SSSR count). The number of hydrogen-bond donors (Lipinski definition) is 2. The van der Waals surface area contributed by atoms with Crippen molar-refractivity contribution in [1.82, 2.24) is 14.5 Å². The topological polar surface area (TPSA) is 140 Å². The van der Waals surface area contributed by atoms with E-state index in [2.05, 4.69) is 9.97 Å². The van der Waals surface area contributed by atoms with Gasteiger partial charge in [0.05, 0.1) is 21.8 Å². The van der Waals surface area contributed by atoms with E-state index in [9.17, 15) is 19.2 Å². The normalized spacial score (nSPS) is 11.2. The first-order chi connectivity index (χ1) is 18.7. The summed E-state index contributed by atoms with van der Waals surface area (Å²) in [7, 11) is 0. The third-order valence-electron chi connectivity index (χ3n) is 5.98. The Kier molecular flexibility index (Phi) is 8.92. The molecule has 39 heavy (non-hydrogen) atoms. The number of H-pyrrole nitrogens is 1. The Morgan fingerprint density at radius 3 is 2.54 bits per heavy atom. The highest BCUT2D eigenvalue weighted by atomic mass is 32.1. The average Bonchev–Trinajstić information content (AvgIpc) is 3.32. The number of rotatable bonds is 11. The van der Waals surface area contributed by atoms with Gasteiger partial charge in [0.2, 0.25) is 0 Å². The molecule has 0 fully saturated rings.